The Kier molecular flexibility index (Phi) is 9.51. The second kappa shape index (κ2) is 11.9. The number of ether oxygens (including phenoxy) is 2. The van der Waals surface area contributed by atoms with Crippen molar-refractivity contribution >= 4 is 25.4 Å². The maximum atomic E-state index is 15.8. The van der Waals surface area contributed by atoms with E-state index in [9.17, 15) is 29.2 Å². The number of anilines is 1. The molecule has 3 unspecified atom stereocenters. The first-order chi connectivity index (χ1) is 18.1. The molecule has 2 aliphatic rings. The Hall–Kier alpha value is -2.49. The van der Waals surface area contributed by atoms with Crippen LogP contribution < -0.4 is 21.6 Å². The monoisotopic (exact) mass is 581 g/mol. The van der Waals surface area contributed by atoms with Crippen LogP contribution in [0.5, 0.6) is 0 Å². The molecule has 7 atom stereocenters. The third-order valence-corrected chi connectivity index (χ3v) is 8.51. The molecule has 1 aliphatic heterocycles. The minimum absolute atomic E-state index is 0.188. The summed E-state index contributed by atoms with van der Waals surface area (Å²) < 4.78 is 61.0. The van der Waals surface area contributed by atoms with Gasteiger partial charge in [0.1, 0.15) is 30.6 Å². The van der Waals surface area contributed by atoms with E-state index in [-0.39, 0.29) is 11.9 Å². The van der Waals surface area contributed by atoms with Crippen molar-refractivity contribution in [3.63, 3.8) is 0 Å². The van der Waals surface area contributed by atoms with Crippen molar-refractivity contribution in [3.8, 4) is 0 Å². The smallest absolute Gasteiger partial charge is 0.351 e. The summed E-state index contributed by atoms with van der Waals surface area (Å²) in [4.78, 5) is 39.6. The predicted octanol–water partition coefficient (Wildman–Crippen LogP) is 1.15. The number of aliphatic carboxylic acids is 1. The summed E-state index contributed by atoms with van der Waals surface area (Å²) in [5.41, 5.74) is 1.43. The number of alkyl halides is 2. The van der Waals surface area contributed by atoms with E-state index >= 15 is 8.78 Å². The summed E-state index contributed by atoms with van der Waals surface area (Å²) in [6, 6.07) is -1.67. The van der Waals surface area contributed by atoms with Crippen LogP contribution in [0.25, 0.3) is 0 Å². The number of aliphatic hydroxyl groups excluding tert-OH is 1. The number of halogens is 2. The lowest BCUT2D eigenvalue weighted by molar-refractivity contribution is -0.203. The van der Waals surface area contributed by atoms with Crippen LogP contribution in [-0.4, -0.2) is 74.1 Å². The molecule has 220 valence electrons. The molecule has 6 N–H and O–H groups in total. The lowest BCUT2D eigenvalue weighted by Gasteiger charge is -2.30. The van der Waals surface area contributed by atoms with Crippen molar-refractivity contribution in [1.82, 2.24) is 19.7 Å². The Morgan fingerprint density at radius 3 is 2.49 bits per heavy atom. The number of aromatic nitrogens is 2. The summed E-state index contributed by atoms with van der Waals surface area (Å²) in [5.74, 6) is -5.80. The number of esters is 1. The van der Waals surface area contributed by atoms with Gasteiger partial charge >= 0.3 is 25.3 Å². The highest BCUT2D eigenvalue weighted by Crippen LogP contribution is 2.49. The van der Waals surface area contributed by atoms with Crippen LogP contribution in [0.1, 0.15) is 59.1 Å². The van der Waals surface area contributed by atoms with E-state index in [1.165, 1.54) is 6.92 Å². The van der Waals surface area contributed by atoms with Crippen LogP contribution in [0, 0.1) is 0 Å². The zero-order chi connectivity index (χ0) is 29.2. The molecule has 17 heteroatoms. The van der Waals surface area contributed by atoms with Gasteiger partial charge in [0.05, 0.1) is 0 Å². The minimum Gasteiger partial charge on any atom is -0.480 e. The number of nitrogen functional groups attached to an aromatic ring is 1. The molecule has 1 saturated heterocycles. The van der Waals surface area contributed by atoms with E-state index in [2.05, 4.69) is 15.2 Å². The lowest BCUT2D eigenvalue weighted by Crippen LogP contribution is -2.48. The van der Waals surface area contributed by atoms with Crippen molar-refractivity contribution in [2.45, 2.75) is 94.9 Å². The zero-order valence-corrected chi connectivity index (χ0v) is 22.6. The largest absolute Gasteiger partial charge is 0.480 e. The highest BCUT2D eigenvalue weighted by molar-refractivity contribution is 7.54. The highest BCUT2D eigenvalue weighted by Gasteiger charge is 2.65. The third kappa shape index (κ3) is 7.18. The van der Waals surface area contributed by atoms with Crippen LogP contribution in [0.4, 0.5) is 14.6 Å². The summed E-state index contributed by atoms with van der Waals surface area (Å²) in [7, 11) is -4.60. The lowest BCUT2D eigenvalue weighted by atomic mass is 9.97. The van der Waals surface area contributed by atoms with Crippen LogP contribution in [-0.2, 0) is 28.2 Å². The fourth-order valence-electron chi connectivity index (χ4n) is 4.33. The van der Waals surface area contributed by atoms with Crippen molar-refractivity contribution < 1.29 is 47.1 Å². The van der Waals surface area contributed by atoms with E-state index in [1.54, 1.807) is 0 Å². The number of hydrogen-bond acceptors (Lipinski definition) is 10. The molecule has 2 heterocycles. The average molecular weight is 582 g/mol. The van der Waals surface area contributed by atoms with Crippen molar-refractivity contribution in [3.05, 3.63) is 22.7 Å². The Morgan fingerprint density at radius 1 is 1.28 bits per heavy atom. The second-order valence-electron chi connectivity index (χ2n) is 9.91. The molecular weight excluding hydrogens is 547 g/mol. The Morgan fingerprint density at radius 2 is 1.90 bits per heavy atom. The second-order valence-corrected chi connectivity index (χ2v) is 11.8. The van der Waals surface area contributed by atoms with E-state index in [1.807, 2.05) is 0 Å². The molecule has 14 nitrogen and oxygen atoms in total. The molecule has 0 bridgehead atoms. The first-order valence-corrected chi connectivity index (χ1v) is 14.0. The van der Waals surface area contributed by atoms with E-state index < -0.39 is 67.8 Å². The molecule has 0 radical (unpaired) electrons. The van der Waals surface area contributed by atoms with E-state index in [0.717, 1.165) is 45.4 Å². The molecule has 3 rings (SSSR count). The Labute approximate surface area is 222 Å². The summed E-state index contributed by atoms with van der Waals surface area (Å²) in [6.07, 6.45) is 0.190. The maximum absolute atomic E-state index is 15.8. The van der Waals surface area contributed by atoms with Crippen LogP contribution >= 0.6 is 7.67 Å². The van der Waals surface area contributed by atoms with Gasteiger partial charge in [0, 0.05) is 6.20 Å². The van der Waals surface area contributed by atoms with Gasteiger partial charge in [-0.1, -0.05) is 6.42 Å². The molecule has 1 aliphatic carbocycles. The molecule has 0 spiro atoms. The van der Waals surface area contributed by atoms with Gasteiger partial charge in [-0.25, -0.2) is 23.7 Å². The number of nitrogens with zero attached hydrogens (tertiary/aromatic N) is 2. The first-order valence-electron chi connectivity index (χ1n) is 12.4. The molecule has 1 aromatic heterocycles. The minimum atomic E-state index is -4.60. The third-order valence-electron chi connectivity index (χ3n) is 6.57. The van der Waals surface area contributed by atoms with Crippen molar-refractivity contribution in [1.29, 1.82) is 0 Å². The molecular formula is C22H34F2N5O9P. The molecule has 0 amide bonds. The molecule has 1 aromatic rings. The van der Waals surface area contributed by atoms with Gasteiger partial charge in [-0.2, -0.15) is 4.98 Å². The fourth-order valence-corrected chi connectivity index (χ4v) is 6.14. The van der Waals surface area contributed by atoms with Gasteiger partial charge in [-0.05, 0) is 52.5 Å². The van der Waals surface area contributed by atoms with Crippen LogP contribution in [0.15, 0.2) is 17.1 Å². The SMILES string of the molecule is CC(NP(=O)(NC(C)C(=O)OC1CCCCC1)OC[C@@]1(F)O[C@@H](n2ccc(N)nc2=O)[C@](C)(F)[C@@H]1O)C(=O)O. The van der Waals surface area contributed by atoms with E-state index in [0.29, 0.717) is 17.4 Å². The Bertz CT molecular complexity index is 1160. The molecule has 2 fully saturated rings. The van der Waals surface area contributed by atoms with Gasteiger partial charge in [-0.15, -0.1) is 0 Å². The Balaban J connectivity index is 1.78. The summed E-state index contributed by atoms with van der Waals surface area (Å²) in [6.45, 7) is 1.79. The summed E-state index contributed by atoms with van der Waals surface area (Å²) in [5, 5.41) is 24.2. The maximum Gasteiger partial charge on any atom is 0.351 e. The topological polar surface area (TPSA) is 204 Å². The number of nitrogens with one attached hydrogen (secondary N) is 2. The van der Waals surface area contributed by atoms with Crippen LogP contribution in [0.2, 0.25) is 0 Å². The number of nitrogens with two attached hydrogens (primary N) is 1. The predicted molar refractivity (Wildman–Crippen MR) is 132 cm³/mol. The molecule has 0 aromatic carbocycles. The standard InChI is InChI=1S/C22H34F2N5O9P/c1-12(16(30)31)27-39(35,28-13(2)17(32)37-14-7-5-4-6-8-14)36-11-22(24)18(33)21(3,23)19(38-22)29-10-9-15(25)26-20(29)34/h9-10,12-14,18-19,33H,4-8,11H2,1-3H3,(H,30,31)(H2,25,26,34)(H2,27,28,35)/t12?,13?,18-,19+,21+,22+,39?/m0/s1. The van der Waals surface area contributed by atoms with Crippen molar-refractivity contribution in [2.24, 2.45) is 0 Å². The number of rotatable bonds is 11. The van der Waals surface area contributed by atoms with Crippen molar-refractivity contribution in [2.75, 3.05) is 12.3 Å². The van der Waals surface area contributed by atoms with Gasteiger partial charge in [0.15, 0.2) is 18.0 Å². The summed E-state index contributed by atoms with van der Waals surface area (Å²) >= 11 is 0. The highest BCUT2D eigenvalue weighted by atomic mass is 31.2. The van der Waals surface area contributed by atoms with Gasteiger partial charge in [0.2, 0.25) is 0 Å². The van der Waals surface area contributed by atoms with Crippen LogP contribution in [0.3, 0.4) is 0 Å². The number of carboxylic acid groups (broad SMARTS) is 1. The number of carbonyl (C=O) groups is 2. The molecule has 1 saturated carbocycles. The van der Waals surface area contributed by atoms with Gasteiger partial charge < -0.3 is 25.4 Å². The normalized spacial score (nSPS) is 30.8. The zero-order valence-electron chi connectivity index (χ0n) is 21.7. The number of carboxylic acids is 1. The quantitative estimate of drug-likeness (QED) is 0.184. The van der Waals surface area contributed by atoms with Gasteiger partial charge in [0.25, 0.3) is 5.85 Å². The number of carbonyl (C=O) groups excluding carboxylic acids is 1. The van der Waals surface area contributed by atoms with Gasteiger partial charge in [-0.3, -0.25) is 23.2 Å². The fraction of sp³-hybridized carbons (Fsp3) is 0.727. The average Bonchev–Trinajstić information content (AvgIpc) is 3.03. The first kappa shape index (κ1) is 31.0. The van der Waals surface area contributed by atoms with E-state index in [4.69, 9.17) is 19.7 Å². The number of hydrogen-bond donors (Lipinski definition) is 5. The number of aliphatic hydroxyl groups is 1. The molecule has 39 heavy (non-hydrogen) atoms.